The molecule has 2 rings (SSSR count). The van der Waals surface area contributed by atoms with Crippen molar-refractivity contribution in [3.05, 3.63) is 22.4 Å². The number of rotatable bonds is 1. The zero-order valence-electron chi connectivity index (χ0n) is 7.44. The fourth-order valence-electron chi connectivity index (χ4n) is 1.000. The van der Waals surface area contributed by atoms with E-state index >= 15 is 0 Å². The number of ether oxygens (including phenoxy) is 1. The van der Waals surface area contributed by atoms with Gasteiger partial charge in [-0.3, -0.25) is 10.1 Å². The first kappa shape index (κ1) is 13.6. The average Bonchev–Trinajstić information content (AvgIpc) is 2.58. The molecule has 3 N–H and O–H groups in total. The van der Waals surface area contributed by atoms with Crippen LogP contribution in [0.25, 0.3) is 0 Å². The number of amides is 2. The van der Waals surface area contributed by atoms with Crippen molar-refractivity contribution in [3.8, 4) is 0 Å². The van der Waals surface area contributed by atoms with Crippen LogP contribution in [0.5, 0.6) is 0 Å². The fraction of sp³-hybridized carbons (Fsp3) is 0.143. The molecule has 0 aromatic carbocycles. The molecule has 2 amide bonds. The van der Waals surface area contributed by atoms with Gasteiger partial charge in [0.2, 0.25) is 6.10 Å². The van der Waals surface area contributed by atoms with Crippen LogP contribution in [-0.2, 0) is 9.53 Å². The van der Waals surface area contributed by atoms with Gasteiger partial charge in [0.05, 0.1) is 0 Å². The Morgan fingerprint density at radius 3 is 2.57 bits per heavy atom. The Morgan fingerprint density at radius 1 is 1.43 bits per heavy atom. The third kappa shape index (κ3) is 2.55. The molecule has 7 heteroatoms. The van der Waals surface area contributed by atoms with Crippen LogP contribution in [-0.4, -0.2) is 47.0 Å². The smallest absolute Gasteiger partial charge is 0.415 e. The first-order valence-corrected chi connectivity index (χ1v) is 4.25. The van der Waals surface area contributed by atoms with Crippen LogP contribution >= 0.6 is 11.3 Å². The standard InChI is InChI=1S/C7H5NO3S.Na.H2O/c9-6-5(11-7(10)8-6)4-1-2-12-3-4;;/h1-3,5H,(H,8,9,10);;1H2. The summed E-state index contributed by atoms with van der Waals surface area (Å²) in [6, 6.07) is 1.76. The third-order valence-electron chi connectivity index (χ3n) is 1.53. The molecule has 1 saturated heterocycles. The summed E-state index contributed by atoms with van der Waals surface area (Å²) in [5.74, 6) is -0.390. The number of hydrogen-bond donors (Lipinski definition) is 1. The molecule has 1 aliphatic rings. The van der Waals surface area contributed by atoms with Crippen LogP contribution in [0.4, 0.5) is 4.79 Å². The van der Waals surface area contributed by atoms with E-state index in [-0.39, 0.29) is 35.0 Å². The number of cyclic esters (lactones) is 1. The van der Waals surface area contributed by atoms with Gasteiger partial charge in [0.15, 0.2) is 0 Å². The normalized spacial score (nSPS) is 19.0. The quantitative estimate of drug-likeness (QED) is 0.673. The number of carbonyl (C=O) groups excluding carboxylic acids is 2. The number of thiophene rings is 1. The van der Waals surface area contributed by atoms with E-state index in [0.29, 0.717) is 0 Å². The minimum Gasteiger partial charge on any atom is -0.431 e. The Morgan fingerprint density at radius 2 is 2.14 bits per heavy atom. The van der Waals surface area contributed by atoms with Gasteiger partial charge >= 0.3 is 6.09 Å². The monoisotopic (exact) mass is 224 g/mol. The van der Waals surface area contributed by atoms with E-state index in [0.717, 1.165) is 5.56 Å². The topological polar surface area (TPSA) is 86.9 Å². The van der Waals surface area contributed by atoms with Crippen LogP contribution in [0, 0.1) is 0 Å². The zero-order valence-corrected chi connectivity index (χ0v) is 10.3. The fourth-order valence-corrected chi connectivity index (χ4v) is 1.67. The van der Waals surface area contributed by atoms with E-state index < -0.39 is 18.1 Å². The molecule has 1 atom stereocenters. The summed E-state index contributed by atoms with van der Waals surface area (Å²) >= 11 is 1.46. The van der Waals surface area contributed by atoms with Crippen molar-refractivity contribution in [1.29, 1.82) is 0 Å². The molecule has 0 bridgehead atoms. The molecule has 2 heterocycles. The number of alkyl carbamates (subject to hydrolysis) is 1. The molecule has 1 aliphatic heterocycles. The molecule has 1 unspecified atom stereocenters. The van der Waals surface area contributed by atoms with Gasteiger partial charge in [0.1, 0.15) is 0 Å². The largest absolute Gasteiger partial charge is 0.431 e. The van der Waals surface area contributed by atoms with Gasteiger partial charge in [0.25, 0.3) is 5.91 Å². The average molecular weight is 224 g/mol. The second kappa shape index (κ2) is 5.47. The van der Waals surface area contributed by atoms with Gasteiger partial charge in [-0.05, 0) is 16.8 Å². The Balaban J connectivity index is 0.000000845. The van der Waals surface area contributed by atoms with Crippen LogP contribution < -0.4 is 5.32 Å². The first-order valence-electron chi connectivity index (χ1n) is 3.31. The second-order valence-corrected chi connectivity index (χ2v) is 3.11. The molecular formula is C7H7NNaO4S. The van der Waals surface area contributed by atoms with E-state index in [1.54, 1.807) is 11.4 Å². The van der Waals surface area contributed by atoms with Gasteiger partial charge in [0, 0.05) is 35.1 Å². The Hall–Kier alpha value is -0.400. The minimum atomic E-state index is -0.747. The number of nitrogens with one attached hydrogen (secondary N) is 1. The van der Waals surface area contributed by atoms with Crippen molar-refractivity contribution < 1.29 is 19.8 Å². The van der Waals surface area contributed by atoms with Gasteiger partial charge in [-0.15, -0.1) is 0 Å². The maximum Gasteiger partial charge on any atom is 0.415 e. The summed E-state index contributed by atoms with van der Waals surface area (Å²) in [6.45, 7) is 0. The van der Waals surface area contributed by atoms with E-state index in [1.165, 1.54) is 11.3 Å². The Bertz CT molecular complexity index is 326. The third-order valence-corrected chi connectivity index (χ3v) is 2.24. The van der Waals surface area contributed by atoms with Crippen LogP contribution in [0.3, 0.4) is 0 Å². The van der Waals surface area contributed by atoms with Gasteiger partial charge in [-0.1, -0.05) is 0 Å². The Labute approximate surface area is 106 Å². The van der Waals surface area contributed by atoms with Crippen molar-refractivity contribution in [2.24, 2.45) is 0 Å². The molecule has 5 nitrogen and oxygen atoms in total. The number of hydrogen-bond acceptors (Lipinski definition) is 4. The molecule has 0 saturated carbocycles. The number of imide groups is 1. The van der Waals surface area contributed by atoms with Gasteiger partial charge in [-0.25, -0.2) is 4.79 Å². The van der Waals surface area contributed by atoms with Crippen LogP contribution in [0.2, 0.25) is 0 Å². The summed E-state index contributed by atoms with van der Waals surface area (Å²) in [6.07, 6.45) is -1.42. The van der Waals surface area contributed by atoms with E-state index in [4.69, 9.17) is 4.74 Å². The summed E-state index contributed by atoms with van der Waals surface area (Å²) in [4.78, 5) is 21.6. The minimum absolute atomic E-state index is 0. The molecule has 1 radical (unpaired) electrons. The summed E-state index contributed by atoms with van der Waals surface area (Å²) < 4.78 is 4.73. The molecular weight excluding hydrogens is 217 g/mol. The Kier molecular flexibility index (Phi) is 5.32. The van der Waals surface area contributed by atoms with Crippen molar-refractivity contribution in [2.45, 2.75) is 6.10 Å². The van der Waals surface area contributed by atoms with E-state index in [9.17, 15) is 9.59 Å². The molecule has 1 fully saturated rings. The summed E-state index contributed by atoms with van der Waals surface area (Å²) in [7, 11) is 0. The maximum atomic E-state index is 11.0. The van der Waals surface area contributed by atoms with E-state index in [2.05, 4.69) is 5.32 Å². The zero-order chi connectivity index (χ0) is 8.55. The summed E-state index contributed by atoms with van der Waals surface area (Å²) in [5.41, 5.74) is 0.725. The molecule has 71 valence electrons. The van der Waals surface area contributed by atoms with Crippen molar-refractivity contribution in [3.63, 3.8) is 0 Å². The van der Waals surface area contributed by atoms with Crippen molar-refractivity contribution in [1.82, 2.24) is 5.32 Å². The maximum absolute atomic E-state index is 11.0. The van der Waals surface area contributed by atoms with Crippen molar-refractivity contribution >= 4 is 52.9 Å². The number of carbonyl (C=O) groups is 2. The van der Waals surface area contributed by atoms with E-state index in [1.807, 2.05) is 5.38 Å². The van der Waals surface area contributed by atoms with Crippen molar-refractivity contribution in [2.75, 3.05) is 0 Å². The molecule has 14 heavy (non-hydrogen) atoms. The van der Waals surface area contributed by atoms with Gasteiger partial charge < -0.3 is 10.2 Å². The summed E-state index contributed by atoms with van der Waals surface area (Å²) in [5, 5.41) is 5.67. The molecule has 1 aromatic rings. The first-order chi connectivity index (χ1) is 5.77. The predicted octanol–water partition coefficient (Wildman–Crippen LogP) is -0.150. The SMILES string of the molecule is O.O=C1NC(=O)C(c2ccsc2)O1.[Na]. The molecule has 1 aromatic heterocycles. The molecule has 0 aliphatic carbocycles. The van der Waals surface area contributed by atoms with Crippen LogP contribution in [0.1, 0.15) is 11.7 Å². The van der Waals surface area contributed by atoms with Gasteiger partial charge in [-0.2, -0.15) is 11.3 Å². The second-order valence-electron chi connectivity index (χ2n) is 2.33. The van der Waals surface area contributed by atoms with Crippen LogP contribution in [0.15, 0.2) is 16.8 Å². The predicted molar refractivity (Wildman–Crippen MR) is 51.1 cm³/mol. The molecule has 0 spiro atoms.